The lowest BCUT2D eigenvalue weighted by Gasteiger charge is -2.43. The van der Waals surface area contributed by atoms with Crippen LogP contribution in [0.5, 0.6) is 0 Å². The molecular formula is C29H32N4O4. The maximum absolute atomic E-state index is 13.8. The van der Waals surface area contributed by atoms with E-state index in [4.69, 9.17) is 4.42 Å². The standard InChI is InChI=1S/C29H32N4O4/c34-26(30-20-25-12-7-19-37-25)21-32-22-33(24-10-5-2-6-11-24)29(28(32)36)15-17-31(18-16-29)27(35)14-13-23-8-3-1-4-9-23/h1-12,19H,13-18,20-22H2,(H,30,34). The lowest BCUT2D eigenvalue weighted by atomic mass is 9.85. The van der Waals surface area contributed by atoms with E-state index in [1.54, 1.807) is 23.3 Å². The maximum Gasteiger partial charge on any atom is 0.250 e. The number of aryl methyl sites for hydroxylation is 1. The van der Waals surface area contributed by atoms with Gasteiger partial charge in [0, 0.05) is 25.2 Å². The van der Waals surface area contributed by atoms with Crippen molar-refractivity contribution in [3.8, 4) is 0 Å². The van der Waals surface area contributed by atoms with Gasteiger partial charge in [-0.15, -0.1) is 0 Å². The van der Waals surface area contributed by atoms with Crippen LogP contribution in [0, 0.1) is 0 Å². The number of para-hydroxylation sites is 1. The highest BCUT2D eigenvalue weighted by Crippen LogP contribution is 2.39. The summed E-state index contributed by atoms with van der Waals surface area (Å²) in [6.07, 6.45) is 3.78. The van der Waals surface area contributed by atoms with Crippen molar-refractivity contribution in [2.45, 2.75) is 37.8 Å². The number of nitrogens with zero attached hydrogens (tertiary/aromatic N) is 3. The largest absolute Gasteiger partial charge is 0.467 e. The fourth-order valence-corrected chi connectivity index (χ4v) is 5.33. The molecule has 2 aromatic carbocycles. The van der Waals surface area contributed by atoms with E-state index in [1.807, 2.05) is 65.6 Å². The van der Waals surface area contributed by atoms with Gasteiger partial charge in [-0.3, -0.25) is 14.4 Å². The second-order valence-corrected chi connectivity index (χ2v) is 9.66. The smallest absolute Gasteiger partial charge is 0.250 e. The molecule has 2 saturated heterocycles. The maximum atomic E-state index is 13.8. The molecule has 8 nitrogen and oxygen atoms in total. The molecule has 2 aliphatic rings. The molecule has 3 amide bonds. The van der Waals surface area contributed by atoms with Gasteiger partial charge in [0.15, 0.2) is 0 Å². The predicted octanol–water partition coefficient (Wildman–Crippen LogP) is 3.20. The molecule has 5 rings (SSSR count). The van der Waals surface area contributed by atoms with E-state index in [2.05, 4.69) is 10.2 Å². The van der Waals surface area contributed by atoms with Crippen molar-refractivity contribution >= 4 is 23.4 Å². The number of hydrogen-bond donors (Lipinski definition) is 1. The molecule has 1 spiro atoms. The molecule has 1 aromatic heterocycles. The van der Waals surface area contributed by atoms with E-state index in [1.165, 1.54) is 0 Å². The molecule has 3 aromatic rings. The first-order valence-electron chi connectivity index (χ1n) is 12.8. The zero-order chi connectivity index (χ0) is 25.7. The summed E-state index contributed by atoms with van der Waals surface area (Å²) in [5.41, 5.74) is 1.32. The van der Waals surface area contributed by atoms with Crippen LogP contribution in [-0.4, -0.2) is 59.4 Å². The van der Waals surface area contributed by atoms with Crippen LogP contribution in [0.1, 0.15) is 30.6 Å². The Labute approximate surface area is 216 Å². The Balaban J connectivity index is 1.25. The van der Waals surface area contributed by atoms with Crippen LogP contribution in [0.2, 0.25) is 0 Å². The molecule has 0 bridgehead atoms. The van der Waals surface area contributed by atoms with Crippen LogP contribution >= 0.6 is 0 Å². The quantitative estimate of drug-likeness (QED) is 0.514. The lowest BCUT2D eigenvalue weighted by molar-refractivity contribution is -0.140. The normalized spacial score (nSPS) is 16.9. The average molecular weight is 501 g/mol. The number of benzene rings is 2. The highest BCUT2D eigenvalue weighted by Gasteiger charge is 2.54. The molecule has 2 fully saturated rings. The lowest BCUT2D eigenvalue weighted by Crippen LogP contribution is -2.57. The molecule has 8 heteroatoms. The third-order valence-corrected chi connectivity index (χ3v) is 7.37. The Kier molecular flexibility index (Phi) is 7.25. The van der Waals surface area contributed by atoms with Crippen molar-refractivity contribution in [1.82, 2.24) is 15.1 Å². The van der Waals surface area contributed by atoms with E-state index in [0.29, 0.717) is 51.2 Å². The van der Waals surface area contributed by atoms with Crippen LogP contribution in [0.3, 0.4) is 0 Å². The number of carbonyl (C=O) groups excluding carboxylic acids is 3. The molecule has 0 unspecified atom stereocenters. The van der Waals surface area contributed by atoms with Gasteiger partial charge in [-0.05, 0) is 49.1 Å². The first-order valence-corrected chi connectivity index (χ1v) is 12.8. The monoisotopic (exact) mass is 500 g/mol. The van der Waals surface area contributed by atoms with Gasteiger partial charge in [-0.2, -0.15) is 0 Å². The zero-order valence-electron chi connectivity index (χ0n) is 20.8. The summed E-state index contributed by atoms with van der Waals surface area (Å²) in [4.78, 5) is 45.0. The van der Waals surface area contributed by atoms with E-state index in [-0.39, 0.29) is 30.8 Å². The number of hydrogen-bond acceptors (Lipinski definition) is 5. The summed E-state index contributed by atoms with van der Waals surface area (Å²) in [6.45, 7) is 1.62. The van der Waals surface area contributed by atoms with Crippen molar-refractivity contribution in [3.05, 3.63) is 90.4 Å². The molecule has 0 aliphatic carbocycles. The van der Waals surface area contributed by atoms with E-state index in [9.17, 15) is 14.4 Å². The molecule has 0 saturated carbocycles. The zero-order valence-corrected chi connectivity index (χ0v) is 20.8. The van der Waals surface area contributed by atoms with Crippen LogP contribution in [-0.2, 0) is 27.3 Å². The highest BCUT2D eigenvalue weighted by atomic mass is 16.3. The molecule has 1 N–H and O–H groups in total. The van der Waals surface area contributed by atoms with Crippen molar-refractivity contribution in [2.75, 3.05) is 31.2 Å². The molecule has 2 aliphatic heterocycles. The van der Waals surface area contributed by atoms with Gasteiger partial charge in [0.1, 0.15) is 17.8 Å². The first kappa shape index (κ1) is 24.6. The number of likely N-dealkylation sites (tertiary alicyclic amines) is 1. The Morgan fingerprint density at radius 1 is 0.919 bits per heavy atom. The molecule has 192 valence electrons. The summed E-state index contributed by atoms with van der Waals surface area (Å²) >= 11 is 0. The van der Waals surface area contributed by atoms with Gasteiger partial charge < -0.3 is 24.4 Å². The number of nitrogens with one attached hydrogen (secondary N) is 1. The van der Waals surface area contributed by atoms with Crippen molar-refractivity contribution in [2.24, 2.45) is 0 Å². The van der Waals surface area contributed by atoms with Crippen LogP contribution in [0.15, 0.2) is 83.5 Å². The first-order chi connectivity index (χ1) is 18.0. The van der Waals surface area contributed by atoms with Crippen LogP contribution in [0.25, 0.3) is 0 Å². The number of piperidine rings is 1. The van der Waals surface area contributed by atoms with Gasteiger partial charge >= 0.3 is 0 Å². The van der Waals surface area contributed by atoms with Crippen molar-refractivity contribution in [1.29, 1.82) is 0 Å². The van der Waals surface area contributed by atoms with Gasteiger partial charge in [-0.25, -0.2) is 0 Å². The summed E-state index contributed by atoms with van der Waals surface area (Å²) in [5, 5.41) is 2.83. The fraction of sp³-hybridized carbons (Fsp3) is 0.345. The number of carbonyl (C=O) groups is 3. The number of amides is 3. The van der Waals surface area contributed by atoms with E-state index < -0.39 is 5.54 Å². The van der Waals surface area contributed by atoms with Crippen molar-refractivity contribution in [3.63, 3.8) is 0 Å². The van der Waals surface area contributed by atoms with Gasteiger partial charge in [-0.1, -0.05) is 48.5 Å². The molecular weight excluding hydrogens is 468 g/mol. The molecule has 0 atom stereocenters. The Hall–Kier alpha value is -4.07. The SMILES string of the molecule is O=C(CN1CN(c2ccccc2)C2(CCN(C(=O)CCc3ccccc3)CC2)C1=O)NCc1ccco1. The highest BCUT2D eigenvalue weighted by molar-refractivity contribution is 5.96. The third-order valence-electron chi connectivity index (χ3n) is 7.37. The van der Waals surface area contributed by atoms with Gasteiger partial charge in [0.2, 0.25) is 11.8 Å². The van der Waals surface area contributed by atoms with E-state index >= 15 is 0 Å². The Bertz CT molecular complexity index is 1210. The third kappa shape index (κ3) is 5.38. The molecule has 0 radical (unpaired) electrons. The second kappa shape index (κ2) is 10.9. The average Bonchev–Trinajstić information content (AvgIpc) is 3.55. The number of anilines is 1. The summed E-state index contributed by atoms with van der Waals surface area (Å²) < 4.78 is 5.28. The van der Waals surface area contributed by atoms with Gasteiger partial charge in [0.25, 0.3) is 5.91 Å². The summed E-state index contributed by atoms with van der Waals surface area (Å²) in [6, 6.07) is 23.4. The predicted molar refractivity (Wildman–Crippen MR) is 139 cm³/mol. The van der Waals surface area contributed by atoms with Crippen molar-refractivity contribution < 1.29 is 18.8 Å². The topological polar surface area (TPSA) is 86.1 Å². The minimum atomic E-state index is -0.765. The second-order valence-electron chi connectivity index (χ2n) is 9.66. The number of furan rings is 1. The fourth-order valence-electron chi connectivity index (χ4n) is 5.33. The van der Waals surface area contributed by atoms with Crippen LogP contribution in [0.4, 0.5) is 5.69 Å². The minimum absolute atomic E-state index is 0.0235. The summed E-state index contributed by atoms with van der Waals surface area (Å²) in [5.74, 6) is 0.488. The van der Waals surface area contributed by atoms with Gasteiger partial charge in [0.05, 0.1) is 19.5 Å². The molecule has 3 heterocycles. The minimum Gasteiger partial charge on any atom is -0.467 e. The Morgan fingerprint density at radius 2 is 1.62 bits per heavy atom. The van der Waals surface area contributed by atoms with Crippen LogP contribution < -0.4 is 10.2 Å². The number of rotatable bonds is 8. The Morgan fingerprint density at radius 3 is 2.30 bits per heavy atom. The van der Waals surface area contributed by atoms with E-state index in [0.717, 1.165) is 11.3 Å². The summed E-state index contributed by atoms with van der Waals surface area (Å²) in [7, 11) is 0. The molecule has 37 heavy (non-hydrogen) atoms.